The third-order valence-electron chi connectivity index (χ3n) is 4.30. The molecule has 0 fully saturated rings. The van der Waals surface area contributed by atoms with Crippen LogP contribution < -0.4 is 0 Å². The van der Waals surface area contributed by atoms with Crippen LogP contribution in [0.25, 0.3) is 0 Å². The molecule has 0 heterocycles. The van der Waals surface area contributed by atoms with Gasteiger partial charge in [0, 0.05) is 6.42 Å². The molecule has 6 nitrogen and oxygen atoms in total. The summed E-state index contributed by atoms with van der Waals surface area (Å²) in [6.45, 7) is 2.78. The number of hydrogen-bond donors (Lipinski definition) is 2. The number of rotatable bonds is 19. The van der Waals surface area contributed by atoms with E-state index in [2.05, 4.69) is 11.4 Å². The van der Waals surface area contributed by atoms with Crippen molar-refractivity contribution in [1.29, 1.82) is 0 Å². The number of ether oxygens (including phenoxy) is 1. The number of phosphoric acid groups is 1. The van der Waals surface area contributed by atoms with Crippen LogP contribution in [0.5, 0.6) is 0 Å². The molecule has 0 spiro atoms. The Bertz CT molecular complexity index is 369. The second-order valence-corrected chi connectivity index (χ2v) is 8.13. The molecule has 0 rings (SSSR count). The highest BCUT2D eigenvalue weighted by Crippen LogP contribution is 2.35. The number of phosphoric ester groups is 1. The molecule has 0 aromatic heterocycles. The second-order valence-electron chi connectivity index (χ2n) is 6.89. The lowest BCUT2D eigenvalue weighted by atomic mass is 10.1. The van der Waals surface area contributed by atoms with E-state index in [-0.39, 0.29) is 12.6 Å². The van der Waals surface area contributed by atoms with E-state index in [0.717, 1.165) is 38.5 Å². The van der Waals surface area contributed by atoms with Gasteiger partial charge in [-0.2, -0.15) is 0 Å². The van der Waals surface area contributed by atoms with Gasteiger partial charge in [-0.05, 0) is 19.3 Å². The summed E-state index contributed by atoms with van der Waals surface area (Å²) in [4.78, 5) is 28.7. The summed E-state index contributed by atoms with van der Waals surface area (Å²) in [5.41, 5.74) is 0. The molecule has 0 amide bonds. The van der Waals surface area contributed by atoms with Gasteiger partial charge in [-0.25, -0.2) is 4.57 Å². The number of hydrogen-bond acceptors (Lipinski definition) is 4. The molecule has 0 bridgehead atoms. The fraction of sp³-hybridized carbons (Fsp3) is 0.947. The van der Waals surface area contributed by atoms with E-state index in [1.165, 1.54) is 44.9 Å². The topological polar surface area (TPSA) is 93.1 Å². The number of esters is 1. The molecule has 26 heavy (non-hydrogen) atoms. The van der Waals surface area contributed by atoms with E-state index >= 15 is 0 Å². The monoisotopic (exact) mass is 394 g/mol. The van der Waals surface area contributed by atoms with Crippen LogP contribution in [0.4, 0.5) is 0 Å². The van der Waals surface area contributed by atoms with Gasteiger partial charge < -0.3 is 14.5 Å². The van der Waals surface area contributed by atoms with Crippen LogP contribution in [-0.4, -0.2) is 29.0 Å². The van der Waals surface area contributed by atoms with Gasteiger partial charge in [0.1, 0.15) is 0 Å². The van der Waals surface area contributed by atoms with E-state index in [0.29, 0.717) is 19.4 Å². The number of carbonyl (C=O) groups is 1. The molecule has 0 saturated carbocycles. The van der Waals surface area contributed by atoms with Gasteiger partial charge in [0.15, 0.2) is 0 Å². The van der Waals surface area contributed by atoms with Gasteiger partial charge in [-0.15, -0.1) is 0 Å². The van der Waals surface area contributed by atoms with Crippen LogP contribution >= 0.6 is 7.82 Å². The highest BCUT2D eigenvalue weighted by atomic mass is 31.2. The van der Waals surface area contributed by atoms with Crippen molar-refractivity contribution in [1.82, 2.24) is 0 Å². The zero-order valence-electron chi connectivity index (χ0n) is 16.5. The molecule has 0 aliphatic carbocycles. The quantitative estimate of drug-likeness (QED) is 0.170. The molecule has 0 radical (unpaired) electrons. The Balaban J connectivity index is 3.21. The first-order valence-corrected chi connectivity index (χ1v) is 11.8. The Morgan fingerprint density at radius 2 is 1.19 bits per heavy atom. The largest absolute Gasteiger partial charge is 0.469 e. The molecular weight excluding hydrogens is 355 g/mol. The maximum atomic E-state index is 11.6. The van der Waals surface area contributed by atoms with E-state index in [4.69, 9.17) is 14.5 Å². The highest BCUT2D eigenvalue weighted by Gasteiger charge is 2.12. The summed E-state index contributed by atoms with van der Waals surface area (Å²) >= 11 is 0. The Morgan fingerprint density at radius 3 is 1.73 bits per heavy atom. The summed E-state index contributed by atoms with van der Waals surface area (Å²) in [7, 11) is -4.32. The average Bonchev–Trinajstić information content (AvgIpc) is 2.58. The lowest BCUT2D eigenvalue weighted by Crippen LogP contribution is -2.05. The van der Waals surface area contributed by atoms with Crippen molar-refractivity contribution >= 4 is 13.8 Å². The summed E-state index contributed by atoms with van der Waals surface area (Å²) in [5.74, 6) is -0.0945. The van der Waals surface area contributed by atoms with Crippen molar-refractivity contribution in [2.45, 2.75) is 103 Å². The van der Waals surface area contributed by atoms with Crippen molar-refractivity contribution in [2.24, 2.45) is 0 Å². The molecule has 0 saturated heterocycles. The van der Waals surface area contributed by atoms with Gasteiger partial charge in [-0.3, -0.25) is 9.32 Å². The van der Waals surface area contributed by atoms with Gasteiger partial charge >= 0.3 is 13.8 Å². The molecule has 156 valence electrons. The minimum absolute atomic E-state index is 0.0814. The molecule has 0 atom stereocenters. The third-order valence-corrected chi connectivity index (χ3v) is 4.81. The summed E-state index contributed by atoms with van der Waals surface area (Å²) in [5, 5.41) is 0. The Labute approximate surface area is 159 Å². The molecule has 0 aliphatic rings. The Kier molecular flexibility index (Phi) is 17.7. The first kappa shape index (κ1) is 25.6. The predicted octanol–water partition coefficient (Wildman–Crippen LogP) is 5.51. The summed E-state index contributed by atoms with van der Waals surface area (Å²) < 4.78 is 20.1. The number of carbonyl (C=O) groups excluding carboxylic acids is 1. The molecule has 0 aromatic rings. The van der Waals surface area contributed by atoms with Crippen LogP contribution in [0.15, 0.2) is 0 Å². The average molecular weight is 394 g/mol. The van der Waals surface area contributed by atoms with Gasteiger partial charge in [0.05, 0.1) is 13.2 Å². The molecule has 2 N–H and O–H groups in total. The highest BCUT2D eigenvalue weighted by molar-refractivity contribution is 7.46. The van der Waals surface area contributed by atoms with Crippen LogP contribution in [0.1, 0.15) is 103 Å². The van der Waals surface area contributed by atoms with E-state index in [1.54, 1.807) is 0 Å². The van der Waals surface area contributed by atoms with Crippen LogP contribution in [-0.2, 0) is 18.6 Å². The smallest absolute Gasteiger partial charge is 0.466 e. The summed E-state index contributed by atoms with van der Waals surface area (Å²) in [6, 6.07) is 0. The van der Waals surface area contributed by atoms with E-state index in [1.807, 2.05) is 0 Å². The molecule has 0 aromatic carbocycles. The zero-order chi connectivity index (χ0) is 19.5. The van der Waals surface area contributed by atoms with Crippen molar-refractivity contribution in [2.75, 3.05) is 13.2 Å². The molecule has 0 aliphatic heterocycles. The molecule has 7 heteroatoms. The van der Waals surface area contributed by atoms with Crippen molar-refractivity contribution in [3.05, 3.63) is 0 Å². The standard InChI is InChI=1S/C19H39O6P/c1-2-3-4-5-6-7-8-10-13-16-19(20)24-17-14-11-9-12-15-18-25-26(21,22)23/h2-18H2,1H3,(H2,21,22,23). The van der Waals surface area contributed by atoms with E-state index < -0.39 is 7.82 Å². The van der Waals surface area contributed by atoms with Crippen LogP contribution in [0, 0.1) is 0 Å². The van der Waals surface area contributed by atoms with Crippen LogP contribution in [0.3, 0.4) is 0 Å². The van der Waals surface area contributed by atoms with Crippen molar-refractivity contribution in [3.63, 3.8) is 0 Å². The van der Waals surface area contributed by atoms with Crippen LogP contribution in [0.2, 0.25) is 0 Å². The van der Waals surface area contributed by atoms with Crippen molar-refractivity contribution in [3.8, 4) is 0 Å². The normalized spacial score (nSPS) is 11.7. The first-order chi connectivity index (χ1) is 12.5. The van der Waals surface area contributed by atoms with Gasteiger partial charge in [0.2, 0.25) is 0 Å². The fourth-order valence-corrected chi connectivity index (χ4v) is 3.12. The van der Waals surface area contributed by atoms with E-state index in [9.17, 15) is 9.36 Å². The lowest BCUT2D eigenvalue weighted by Gasteiger charge is -2.06. The number of unbranched alkanes of at least 4 members (excludes halogenated alkanes) is 12. The third kappa shape index (κ3) is 21.6. The zero-order valence-corrected chi connectivity index (χ0v) is 17.4. The molecule has 0 unspecified atom stereocenters. The Hall–Kier alpha value is -0.420. The SMILES string of the molecule is CCCCCCCCCCCC(=O)OCCCCCCCOP(=O)(O)O. The maximum Gasteiger partial charge on any atom is 0.469 e. The lowest BCUT2D eigenvalue weighted by molar-refractivity contribution is -0.143. The van der Waals surface area contributed by atoms with Gasteiger partial charge in [0.25, 0.3) is 0 Å². The summed E-state index contributed by atoms with van der Waals surface area (Å²) in [6.07, 6.45) is 15.9. The second kappa shape index (κ2) is 18.0. The Morgan fingerprint density at radius 1 is 0.731 bits per heavy atom. The minimum atomic E-state index is -4.32. The van der Waals surface area contributed by atoms with Gasteiger partial charge in [-0.1, -0.05) is 77.6 Å². The first-order valence-electron chi connectivity index (χ1n) is 10.3. The van der Waals surface area contributed by atoms with Crippen molar-refractivity contribution < 1.29 is 28.4 Å². The predicted molar refractivity (Wildman–Crippen MR) is 104 cm³/mol. The maximum absolute atomic E-state index is 11.6. The fourth-order valence-electron chi connectivity index (χ4n) is 2.76. The molecular formula is C19H39O6P. The minimum Gasteiger partial charge on any atom is -0.466 e.